The van der Waals surface area contributed by atoms with E-state index < -0.39 is 0 Å². The molecule has 2 aromatic heterocycles. The largest absolute Gasteiger partial charge is 0.451 e. The molecule has 1 fully saturated rings. The fourth-order valence-corrected chi connectivity index (χ4v) is 3.58. The fraction of sp³-hybridized carbons (Fsp3) is 0.333. The summed E-state index contributed by atoms with van der Waals surface area (Å²) in [6, 6.07) is 5.27. The lowest BCUT2D eigenvalue weighted by Crippen LogP contribution is -2.49. The van der Waals surface area contributed by atoms with Crippen LogP contribution in [0.1, 0.15) is 28.0 Å². The summed E-state index contributed by atoms with van der Waals surface area (Å²) in [5.41, 5.74) is 1.49. The van der Waals surface area contributed by atoms with Crippen molar-refractivity contribution in [3.63, 3.8) is 0 Å². The summed E-state index contributed by atoms with van der Waals surface area (Å²) in [5.74, 6) is 1.12. The number of benzene rings is 1. The van der Waals surface area contributed by atoms with E-state index in [1.54, 1.807) is 18.3 Å². The quantitative estimate of drug-likeness (QED) is 0.765. The number of nitrogens with zero attached hydrogens (tertiary/aromatic N) is 3. The number of aryl methyl sites for hydroxylation is 2. The highest BCUT2D eigenvalue weighted by Crippen LogP contribution is 2.31. The van der Waals surface area contributed by atoms with E-state index in [1.165, 1.54) is 0 Å². The standard InChI is InChI=1S/C18H19ClN4O2/c1-11-13-9-12(19)3-4-15(13)25-16(11)18(24)23-8-5-20-10-14(23)17-21-6-7-22(17)2/h3-4,6-7,9,14,20H,5,8,10H2,1-2H3. The summed E-state index contributed by atoms with van der Waals surface area (Å²) in [4.78, 5) is 19.5. The SMILES string of the molecule is Cc1c(C(=O)N2CCNCC2c2nccn2C)oc2ccc(Cl)cc12. The van der Waals surface area contributed by atoms with Crippen molar-refractivity contribution in [1.29, 1.82) is 0 Å². The number of furan rings is 1. The highest BCUT2D eigenvalue weighted by Gasteiger charge is 2.33. The molecule has 130 valence electrons. The number of carbonyl (C=O) groups is 1. The lowest BCUT2D eigenvalue weighted by Gasteiger charge is -2.35. The van der Waals surface area contributed by atoms with Crippen LogP contribution in [0.5, 0.6) is 0 Å². The molecular formula is C18H19ClN4O2. The Labute approximate surface area is 150 Å². The van der Waals surface area contributed by atoms with Crippen LogP contribution in [0.4, 0.5) is 0 Å². The summed E-state index contributed by atoms with van der Waals surface area (Å²) >= 11 is 6.08. The molecule has 3 aromatic rings. The van der Waals surface area contributed by atoms with Gasteiger partial charge < -0.3 is 19.2 Å². The third-order valence-electron chi connectivity index (χ3n) is 4.75. The van der Waals surface area contributed by atoms with Crippen molar-refractivity contribution in [3.05, 3.63) is 52.8 Å². The minimum Gasteiger partial charge on any atom is -0.451 e. The monoisotopic (exact) mass is 358 g/mol. The van der Waals surface area contributed by atoms with Gasteiger partial charge in [-0.15, -0.1) is 0 Å². The predicted octanol–water partition coefficient (Wildman–Crippen LogP) is 2.91. The Hall–Kier alpha value is -2.31. The van der Waals surface area contributed by atoms with E-state index in [1.807, 2.05) is 35.7 Å². The molecule has 1 atom stereocenters. The van der Waals surface area contributed by atoms with Crippen molar-refractivity contribution >= 4 is 28.5 Å². The lowest BCUT2D eigenvalue weighted by atomic mass is 10.1. The second kappa shape index (κ2) is 6.20. The smallest absolute Gasteiger partial charge is 0.290 e. The lowest BCUT2D eigenvalue weighted by molar-refractivity contribution is 0.0589. The Morgan fingerprint density at radius 2 is 2.28 bits per heavy atom. The molecule has 0 aliphatic carbocycles. The molecule has 1 aliphatic heterocycles. The van der Waals surface area contributed by atoms with E-state index in [-0.39, 0.29) is 11.9 Å². The van der Waals surface area contributed by atoms with Gasteiger partial charge in [-0.1, -0.05) is 11.6 Å². The summed E-state index contributed by atoms with van der Waals surface area (Å²) in [7, 11) is 1.94. The highest BCUT2D eigenvalue weighted by atomic mass is 35.5. The van der Waals surface area contributed by atoms with Crippen LogP contribution in [-0.2, 0) is 7.05 Å². The topological polar surface area (TPSA) is 63.3 Å². The third-order valence-corrected chi connectivity index (χ3v) is 4.99. The van der Waals surface area contributed by atoms with Crippen LogP contribution >= 0.6 is 11.6 Å². The van der Waals surface area contributed by atoms with Gasteiger partial charge in [-0.25, -0.2) is 4.98 Å². The number of imidazole rings is 1. The van der Waals surface area contributed by atoms with Crippen LogP contribution in [0.3, 0.4) is 0 Å². The fourth-order valence-electron chi connectivity index (χ4n) is 3.40. The van der Waals surface area contributed by atoms with Gasteiger partial charge in [0.15, 0.2) is 5.76 Å². The number of amides is 1. The van der Waals surface area contributed by atoms with Gasteiger partial charge in [-0.05, 0) is 25.1 Å². The first kappa shape index (κ1) is 16.2. The van der Waals surface area contributed by atoms with Crippen LogP contribution < -0.4 is 5.32 Å². The highest BCUT2D eigenvalue weighted by molar-refractivity contribution is 6.31. The number of hydrogen-bond donors (Lipinski definition) is 1. The van der Waals surface area contributed by atoms with E-state index in [9.17, 15) is 4.79 Å². The maximum Gasteiger partial charge on any atom is 0.290 e. The molecule has 0 radical (unpaired) electrons. The zero-order valence-corrected chi connectivity index (χ0v) is 14.9. The number of rotatable bonds is 2. The van der Waals surface area contributed by atoms with E-state index in [4.69, 9.17) is 16.0 Å². The maximum atomic E-state index is 13.2. The average molecular weight is 359 g/mol. The molecule has 4 rings (SSSR count). The van der Waals surface area contributed by atoms with Crippen molar-refractivity contribution in [2.75, 3.05) is 19.6 Å². The first-order valence-electron chi connectivity index (χ1n) is 8.24. The summed E-state index contributed by atoms with van der Waals surface area (Å²) in [6.45, 7) is 3.92. The zero-order chi connectivity index (χ0) is 17.6. The van der Waals surface area contributed by atoms with Crippen LogP contribution in [-0.4, -0.2) is 40.0 Å². The van der Waals surface area contributed by atoms with Crippen molar-refractivity contribution in [2.24, 2.45) is 7.05 Å². The molecular weight excluding hydrogens is 340 g/mol. The second-order valence-corrected chi connectivity index (χ2v) is 6.75. The van der Waals surface area contributed by atoms with Gasteiger partial charge in [0.05, 0.1) is 0 Å². The number of fused-ring (bicyclic) bond motifs is 1. The van der Waals surface area contributed by atoms with Gasteiger partial charge in [-0.2, -0.15) is 0 Å². The molecule has 25 heavy (non-hydrogen) atoms. The molecule has 1 N–H and O–H groups in total. The molecule has 3 heterocycles. The van der Waals surface area contributed by atoms with E-state index in [0.717, 1.165) is 23.3 Å². The number of halogens is 1. The Kier molecular flexibility index (Phi) is 4.01. The zero-order valence-electron chi connectivity index (χ0n) is 14.1. The van der Waals surface area contributed by atoms with Gasteiger partial charge in [0, 0.05) is 55.0 Å². The minimum atomic E-state index is -0.127. The Morgan fingerprint density at radius 3 is 3.04 bits per heavy atom. The molecule has 0 saturated carbocycles. The summed E-state index contributed by atoms with van der Waals surface area (Å²) < 4.78 is 7.81. The third kappa shape index (κ3) is 2.71. The van der Waals surface area contributed by atoms with Gasteiger partial charge in [0.2, 0.25) is 0 Å². The molecule has 0 bridgehead atoms. The summed E-state index contributed by atoms with van der Waals surface area (Å²) in [6.07, 6.45) is 3.64. The number of piperazine rings is 1. The summed E-state index contributed by atoms with van der Waals surface area (Å²) in [5, 5.41) is 4.84. The van der Waals surface area contributed by atoms with Crippen molar-refractivity contribution in [2.45, 2.75) is 13.0 Å². The average Bonchev–Trinajstić information content (AvgIpc) is 3.18. The Balaban J connectivity index is 1.74. The minimum absolute atomic E-state index is 0.112. The van der Waals surface area contributed by atoms with E-state index in [0.29, 0.717) is 29.5 Å². The number of aromatic nitrogens is 2. The van der Waals surface area contributed by atoms with Crippen LogP contribution in [0.15, 0.2) is 35.0 Å². The number of hydrogen-bond acceptors (Lipinski definition) is 4. The molecule has 0 spiro atoms. The molecule has 1 aliphatic rings. The second-order valence-electron chi connectivity index (χ2n) is 6.31. The van der Waals surface area contributed by atoms with Crippen LogP contribution in [0.2, 0.25) is 5.02 Å². The molecule has 1 saturated heterocycles. The van der Waals surface area contributed by atoms with Gasteiger partial charge in [0.1, 0.15) is 17.4 Å². The Bertz CT molecular complexity index is 946. The van der Waals surface area contributed by atoms with E-state index in [2.05, 4.69) is 10.3 Å². The van der Waals surface area contributed by atoms with Crippen LogP contribution in [0, 0.1) is 6.92 Å². The van der Waals surface area contributed by atoms with Gasteiger partial charge in [0.25, 0.3) is 5.91 Å². The Morgan fingerprint density at radius 1 is 1.44 bits per heavy atom. The predicted molar refractivity (Wildman–Crippen MR) is 95.8 cm³/mol. The van der Waals surface area contributed by atoms with E-state index >= 15 is 0 Å². The molecule has 1 amide bonds. The molecule has 7 heteroatoms. The molecule has 6 nitrogen and oxygen atoms in total. The molecule has 1 unspecified atom stereocenters. The first-order valence-corrected chi connectivity index (χ1v) is 8.61. The normalized spacial score (nSPS) is 18.0. The molecule has 1 aromatic carbocycles. The number of nitrogens with one attached hydrogen (secondary N) is 1. The van der Waals surface area contributed by atoms with Gasteiger partial charge >= 0.3 is 0 Å². The van der Waals surface area contributed by atoms with Crippen LogP contribution in [0.25, 0.3) is 11.0 Å². The number of carbonyl (C=O) groups excluding carboxylic acids is 1. The maximum absolute atomic E-state index is 13.2. The van der Waals surface area contributed by atoms with Gasteiger partial charge in [-0.3, -0.25) is 4.79 Å². The van der Waals surface area contributed by atoms with Crippen molar-refractivity contribution in [3.8, 4) is 0 Å². The first-order chi connectivity index (χ1) is 12.1. The van der Waals surface area contributed by atoms with Crippen molar-refractivity contribution in [1.82, 2.24) is 19.8 Å². The van der Waals surface area contributed by atoms with Crippen molar-refractivity contribution < 1.29 is 9.21 Å².